The highest BCUT2D eigenvalue weighted by Gasteiger charge is 2.28. The summed E-state index contributed by atoms with van der Waals surface area (Å²) in [5, 5.41) is 4.43. The number of nitrogens with one attached hydrogen (secondary N) is 1. The molecule has 3 rings (SSSR count). The smallest absolute Gasteiger partial charge is 0.274 e. The minimum absolute atomic E-state index is 0.113. The van der Waals surface area contributed by atoms with E-state index in [1.165, 1.54) is 30.3 Å². The average Bonchev–Trinajstić information content (AvgIpc) is 3.33. The summed E-state index contributed by atoms with van der Waals surface area (Å²) in [7, 11) is -3.95. The molecule has 0 atom stereocenters. The second kappa shape index (κ2) is 11.1. The largest absolute Gasteiger partial charge is 0.494 e. The van der Waals surface area contributed by atoms with Crippen molar-refractivity contribution in [2.45, 2.75) is 24.0 Å². The molecular weight excluding hydrogens is 451 g/mol. The fraction of sp³-hybridized carbons (Fsp3) is 0.261. The first-order valence-electron chi connectivity index (χ1n) is 10.2. The van der Waals surface area contributed by atoms with Gasteiger partial charge in [0.1, 0.15) is 22.3 Å². The van der Waals surface area contributed by atoms with E-state index in [9.17, 15) is 17.6 Å². The summed E-state index contributed by atoms with van der Waals surface area (Å²) in [5.41, 5.74) is 1.28. The minimum Gasteiger partial charge on any atom is -0.494 e. The van der Waals surface area contributed by atoms with Gasteiger partial charge in [-0.05, 0) is 67.1 Å². The number of hydrogen-bond acceptors (Lipinski definition) is 5. The van der Waals surface area contributed by atoms with Crippen molar-refractivity contribution in [2.24, 2.45) is 0 Å². The number of nitrogens with zero attached hydrogens (tertiary/aromatic N) is 1. The molecule has 0 unspecified atom stereocenters. The lowest BCUT2D eigenvalue weighted by Crippen LogP contribution is -2.41. The number of halogens is 1. The summed E-state index contributed by atoms with van der Waals surface area (Å²) in [6, 6.07) is 15.9. The molecule has 1 amide bonds. The van der Waals surface area contributed by atoms with E-state index in [-0.39, 0.29) is 9.90 Å². The molecule has 32 heavy (non-hydrogen) atoms. The highest BCUT2D eigenvalue weighted by Crippen LogP contribution is 2.26. The highest BCUT2D eigenvalue weighted by molar-refractivity contribution is 7.94. The van der Waals surface area contributed by atoms with Crippen LogP contribution in [0.15, 0.2) is 70.3 Å². The van der Waals surface area contributed by atoms with Crippen molar-refractivity contribution in [3.8, 4) is 5.75 Å². The molecule has 0 aliphatic rings. The number of aryl methyl sites for hydroxylation is 1. The van der Waals surface area contributed by atoms with Gasteiger partial charge in [0.15, 0.2) is 0 Å². The van der Waals surface area contributed by atoms with Crippen molar-refractivity contribution in [2.75, 3.05) is 24.0 Å². The first-order chi connectivity index (χ1) is 15.4. The van der Waals surface area contributed by atoms with Crippen LogP contribution in [0.3, 0.4) is 0 Å². The molecule has 0 spiro atoms. The van der Waals surface area contributed by atoms with E-state index in [0.29, 0.717) is 26.0 Å². The maximum Gasteiger partial charge on any atom is 0.274 e. The Balaban J connectivity index is 1.64. The fourth-order valence-electron chi connectivity index (χ4n) is 3.14. The third kappa shape index (κ3) is 6.08. The van der Waals surface area contributed by atoms with Crippen molar-refractivity contribution < 1.29 is 22.3 Å². The van der Waals surface area contributed by atoms with Crippen LogP contribution in [0.1, 0.15) is 18.9 Å². The van der Waals surface area contributed by atoms with Crippen LogP contribution in [0.2, 0.25) is 0 Å². The van der Waals surface area contributed by atoms with E-state index >= 15 is 0 Å². The van der Waals surface area contributed by atoms with Crippen LogP contribution in [0, 0.1) is 5.82 Å². The number of benzene rings is 2. The van der Waals surface area contributed by atoms with Crippen LogP contribution in [0.25, 0.3) is 0 Å². The van der Waals surface area contributed by atoms with Crippen molar-refractivity contribution in [1.29, 1.82) is 0 Å². The average molecular weight is 477 g/mol. The summed E-state index contributed by atoms with van der Waals surface area (Å²) in [5.74, 6) is -0.0996. The molecule has 9 heteroatoms. The predicted molar refractivity (Wildman–Crippen MR) is 124 cm³/mol. The summed E-state index contributed by atoms with van der Waals surface area (Å²) in [6.07, 6.45) is 1.38. The second-order valence-corrected chi connectivity index (χ2v) is 9.95. The molecule has 1 aromatic heterocycles. The molecule has 2 aromatic carbocycles. The normalized spacial score (nSPS) is 11.2. The Bertz CT molecular complexity index is 1120. The molecule has 0 fully saturated rings. The predicted octanol–water partition coefficient (Wildman–Crippen LogP) is 4.23. The van der Waals surface area contributed by atoms with E-state index in [1.807, 2.05) is 31.2 Å². The van der Waals surface area contributed by atoms with Gasteiger partial charge in [-0.2, -0.15) is 0 Å². The molecule has 0 saturated carbocycles. The Morgan fingerprint density at radius 1 is 1.09 bits per heavy atom. The van der Waals surface area contributed by atoms with Gasteiger partial charge in [0.2, 0.25) is 5.91 Å². The van der Waals surface area contributed by atoms with Gasteiger partial charge < -0.3 is 10.1 Å². The third-order valence-electron chi connectivity index (χ3n) is 4.66. The molecular formula is C23H25FN2O4S2. The Morgan fingerprint density at radius 3 is 2.53 bits per heavy atom. The summed E-state index contributed by atoms with van der Waals surface area (Å²) < 4.78 is 46.2. The quantitative estimate of drug-likeness (QED) is 0.420. The number of anilines is 1. The van der Waals surface area contributed by atoms with Crippen molar-refractivity contribution in [3.63, 3.8) is 0 Å². The van der Waals surface area contributed by atoms with Crippen LogP contribution in [-0.4, -0.2) is 34.0 Å². The lowest BCUT2D eigenvalue weighted by Gasteiger charge is -2.23. The van der Waals surface area contributed by atoms with Crippen LogP contribution >= 0.6 is 11.3 Å². The van der Waals surface area contributed by atoms with Crippen molar-refractivity contribution in [1.82, 2.24) is 5.32 Å². The zero-order valence-corrected chi connectivity index (χ0v) is 19.3. The van der Waals surface area contributed by atoms with Crippen LogP contribution in [0.5, 0.6) is 5.75 Å². The van der Waals surface area contributed by atoms with Gasteiger partial charge in [-0.15, -0.1) is 11.3 Å². The number of rotatable bonds is 11. The van der Waals surface area contributed by atoms with E-state index in [0.717, 1.165) is 27.0 Å². The van der Waals surface area contributed by atoms with E-state index in [2.05, 4.69) is 5.32 Å². The van der Waals surface area contributed by atoms with Crippen molar-refractivity contribution >= 4 is 33.0 Å². The second-order valence-electron chi connectivity index (χ2n) is 6.91. The summed E-state index contributed by atoms with van der Waals surface area (Å²) in [4.78, 5) is 12.6. The summed E-state index contributed by atoms with van der Waals surface area (Å²) in [6.45, 7) is 2.48. The lowest BCUT2D eigenvalue weighted by molar-refractivity contribution is -0.119. The van der Waals surface area contributed by atoms with Gasteiger partial charge in [-0.1, -0.05) is 24.3 Å². The molecule has 3 aromatic rings. The van der Waals surface area contributed by atoms with Crippen LogP contribution in [0.4, 0.5) is 10.1 Å². The van der Waals surface area contributed by atoms with Crippen LogP contribution < -0.4 is 14.4 Å². The first-order valence-corrected chi connectivity index (χ1v) is 12.5. The topological polar surface area (TPSA) is 75.7 Å². The maximum atomic E-state index is 13.4. The molecule has 0 bridgehead atoms. The van der Waals surface area contributed by atoms with Gasteiger partial charge >= 0.3 is 0 Å². The Morgan fingerprint density at radius 2 is 1.84 bits per heavy atom. The Hall–Kier alpha value is -2.91. The number of carbonyl (C=O) groups excluding carboxylic acids is 1. The number of sulfonamides is 1. The molecule has 0 radical (unpaired) electrons. The third-order valence-corrected chi connectivity index (χ3v) is 7.81. The van der Waals surface area contributed by atoms with E-state index in [1.54, 1.807) is 11.4 Å². The SMILES string of the molecule is CCOc1ccccc1CCCNC(=O)CN(c1ccc(F)cc1)S(=O)(=O)c1cccs1. The number of ether oxygens (including phenoxy) is 1. The monoisotopic (exact) mass is 476 g/mol. The standard InChI is InChI=1S/C23H25FN2O4S2/c1-2-30-21-9-4-3-7-18(21)8-5-15-25-22(27)17-26(20-13-11-19(24)12-14-20)32(28,29)23-10-6-16-31-23/h3-4,6-7,9-14,16H,2,5,8,15,17H2,1H3,(H,25,27). The van der Waals surface area contributed by atoms with Crippen molar-refractivity contribution in [3.05, 3.63) is 77.4 Å². The number of hydrogen-bond donors (Lipinski definition) is 1. The molecule has 1 N–H and O–H groups in total. The lowest BCUT2D eigenvalue weighted by atomic mass is 10.1. The number of thiophene rings is 1. The number of amides is 1. The van der Waals surface area contributed by atoms with Gasteiger partial charge in [0, 0.05) is 6.54 Å². The van der Waals surface area contributed by atoms with Gasteiger partial charge in [0.25, 0.3) is 10.0 Å². The highest BCUT2D eigenvalue weighted by atomic mass is 32.2. The molecule has 6 nitrogen and oxygen atoms in total. The van der Waals surface area contributed by atoms with Gasteiger partial charge in [-0.25, -0.2) is 12.8 Å². The molecule has 0 aliphatic heterocycles. The zero-order valence-electron chi connectivity index (χ0n) is 17.7. The summed E-state index contributed by atoms with van der Waals surface area (Å²) >= 11 is 1.06. The fourth-order valence-corrected chi connectivity index (χ4v) is 5.67. The number of carbonyl (C=O) groups is 1. The molecule has 170 valence electrons. The number of para-hydroxylation sites is 1. The molecule has 0 saturated heterocycles. The zero-order chi connectivity index (χ0) is 23.0. The van der Waals surface area contributed by atoms with E-state index < -0.39 is 28.3 Å². The Labute approximate surface area is 191 Å². The maximum absolute atomic E-state index is 13.4. The first kappa shape index (κ1) is 23.7. The molecule has 1 heterocycles. The Kier molecular flexibility index (Phi) is 8.24. The van der Waals surface area contributed by atoms with E-state index in [4.69, 9.17) is 4.74 Å². The molecule has 0 aliphatic carbocycles. The minimum atomic E-state index is -3.95. The van der Waals surface area contributed by atoms with Crippen LogP contribution in [-0.2, 0) is 21.2 Å². The van der Waals surface area contributed by atoms with Gasteiger partial charge in [0.05, 0.1) is 12.3 Å². The van der Waals surface area contributed by atoms with Gasteiger partial charge in [-0.3, -0.25) is 9.10 Å².